The number of hydrogen-bond donors (Lipinski definition) is 0. The second kappa shape index (κ2) is 9.27. The molecule has 2 aromatic rings. The molecule has 0 saturated carbocycles. The molecule has 34 heavy (non-hydrogen) atoms. The molecule has 0 bridgehead atoms. The first-order valence-electron chi connectivity index (χ1n) is 12.3. The number of aliphatic imine (C=N–C) groups is 1. The van der Waals surface area contributed by atoms with E-state index in [1.807, 2.05) is 4.90 Å². The maximum absolute atomic E-state index is 13.3. The number of nitrogens with zero attached hydrogens (tertiary/aromatic N) is 3. The van der Waals surface area contributed by atoms with Gasteiger partial charge in [0, 0.05) is 29.1 Å². The fourth-order valence-electron chi connectivity index (χ4n) is 4.98. The normalized spacial score (nSPS) is 18.8. The molecule has 0 atom stereocenters. The summed E-state index contributed by atoms with van der Waals surface area (Å²) >= 11 is 1.69. The Morgan fingerprint density at radius 1 is 1.09 bits per heavy atom. The quantitative estimate of drug-likeness (QED) is 0.669. The fourth-order valence-corrected chi connectivity index (χ4v) is 6.39. The van der Waals surface area contributed by atoms with Crippen molar-refractivity contribution in [3.05, 3.63) is 51.4 Å². The molecule has 3 aliphatic rings. The van der Waals surface area contributed by atoms with Gasteiger partial charge in [0.15, 0.2) is 0 Å². The molecule has 1 aromatic carbocycles. The highest BCUT2D eigenvalue weighted by atomic mass is 32.1. The average molecular weight is 480 g/mol. The number of rotatable bonds is 3. The number of carbonyl (C=O) groups is 2. The van der Waals surface area contributed by atoms with Crippen LogP contribution in [0.5, 0.6) is 0 Å². The number of amides is 2. The monoisotopic (exact) mass is 479 g/mol. The summed E-state index contributed by atoms with van der Waals surface area (Å²) in [7, 11) is 0. The first-order chi connectivity index (χ1) is 16.3. The van der Waals surface area contributed by atoms with Crippen LogP contribution in [0.15, 0.2) is 29.3 Å². The number of carbonyl (C=O) groups excluding carboxylic acids is 2. The van der Waals surface area contributed by atoms with Crippen molar-refractivity contribution in [1.29, 1.82) is 0 Å². The molecule has 2 amide bonds. The maximum atomic E-state index is 13.3. The summed E-state index contributed by atoms with van der Waals surface area (Å²) in [6.07, 6.45) is 4.34. The lowest BCUT2D eigenvalue weighted by atomic mass is 9.85. The number of thiophene rings is 1. The van der Waals surface area contributed by atoms with Gasteiger partial charge in [-0.05, 0) is 42.2 Å². The van der Waals surface area contributed by atoms with E-state index in [4.69, 9.17) is 9.73 Å². The van der Waals surface area contributed by atoms with Crippen LogP contribution in [0.1, 0.15) is 60.7 Å². The van der Waals surface area contributed by atoms with Gasteiger partial charge in [0.2, 0.25) is 11.8 Å². The Balaban J connectivity index is 1.54. The van der Waals surface area contributed by atoms with Crippen LogP contribution in [0, 0.1) is 0 Å². The van der Waals surface area contributed by atoms with E-state index in [-0.39, 0.29) is 30.3 Å². The van der Waals surface area contributed by atoms with Gasteiger partial charge in [0.25, 0.3) is 0 Å². The van der Waals surface area contributed by atoms with E-state index in [1.54, 1.807) is 16.2 Å². The number of anilines is 1. The number of morpholine rings is 1. The van der Waals surface area contributed by atoms with Gasteiger partial charge in [-0.1, -0.05) is 45.0 Å². The highest BCUT2D eigenvalue weighted by Gasteiger charge is 2.34. The number of benzene rings is 1. The van der Waals surface area contributed by atoms with Gasteiger partial charge in [0.05, 0.1) is 18.9 Å². The number of aryl methyl sites for hydroxylation is 1. The Labute approximate surface area is 205 Å². The first-order valence-corrected chi connectivity index (χ1v) is 13.1. The number of hydrogen-bond acceptors (Lipinski definition) is 5. The number of ether oxygens (including phenoxy) is 1. The molecular weight excluding hydrogens is 446 g/mol. The van der Waals surface area contributed by atoms with Crippen molar-refractivity contribution in [3.63, 3.8) is 0 Å². The van der Waals surface area contributed by atoms with Crippen molar-refractivity contribution in [2.45, 2.75) is 51.9 Å². The largest absolute Gasteiger partial charge is 0.378 e. The van der Waals surface area contributed by atoms with Crippen LogP contribution >= 0.6 is 11.3 Å². The van der Waals surface area contributed by atoms with Gasteiger partial charge >= 0.3 is 0 Å². The van der Waals surface area contributed by atoms with Crippen molar-refractivity contribution < 1.29 is 14.3 Å². The smallest absolute Gasteiger partial charge is 0.249 e. The Bertz CT molecular complexity index is 1120. The van der Waals surface area contributed by atoms with Gasteiger partial charge < -0.3 is 9.64 Å². The zero-order chi connectivity index (χ0) is 23.9. The summed E-state index contributed by atoms with van der Waals surface area (Å²) in [6.45, 7) is 9.01. The van der Waals surface area contributed by atoms with Crippen LogP contribution in [0.4, 0.5) is 5.00 Å². The van der Waals surface area contributed by atoms with Crippen LogP contribution in [-0.4, -0.2) is 61.8 Å². The van der Waals surface area contributed by atoms with E-state index < -0.39 is 0 Å². The van der Waals surface area contributed by atoms with Crippen molar-refractivity contribution in [2.24, 2.45) is 4.99 Å². The Morgan fingerprint density at radius 3 is 2.50 bits per heavy atom. The van der Waals surface area contributed by atoms with Crippen LogP contribution in [0.3, 0.4) is 0 Å². The lowest BCUT2D eigenvalue weighted by Gasteiger charge is -2.29. The number of fused-ring (bicyclic) bond motifs is 3. The molecule has 1 saturated heterocycles. The molecule has 1 aromatic heterocycles. The highest BCUT2D eigenvalue weighted by molar-refractivity contribution is 7.17. The standard InChI is InChI=1S/C27H33N3O3S/c1-27(2,3)19-10-8-18(9-11-19)25-24-20-6-4-5-7-21(20)34-26(24)30(22(31)16-28-25)17-23(32)29-12-14-33-15-13-29/h8-11H,4-7,12-17H2,1-3H3. The molecule has 2 aliphatic heterocycles. The molecule has 7 heteroatoms. The molecule has 6 nitrogen and oxygen atoms in total. The van der Waals surface area contributed by atoms with E-state index in [9.17, 15) is 9.59 Å². The topological polar surface area (TPSA) is 62.2 Å². The van der Waals surface area contributed by atoms with Crippen LogP contribution in [-0.2, 0) is 32.6 Å². The SMILES string of the molecule is CC(C)(C)c1ccc(C2=NCC(=O)N(CC(=O)N3CCOCC3)c3sc4c(c32)CCCC4)cc1. The lowest BCUT2D eigenvalue weighted by Crippen LogP contribution is -2.47. The van der Waals surface area contributed by atoms with Gasteiger partial charge in [-0.15, -0.1) is 11.3 Å². The van der Waals surface area contributed by atoms with Crippen LogP contribution in [0.25, 0.3) is 0 Å². The third-order valence-corrected chi connectivity index (χ3v) is 8.30. The van der Waals surface area contributed by atoms with Gasteiger partial charge in [-0.2, -0.15) is 0 Å². The average Bonchev–Trinajstić information content (AvgIpc) is 3.15. The minimum absolute atomic E-state index is 0.0213. The van der Waals surface area contributed by atoms with Gasteiger partial charge in [0.1, 0.15) is 18.1 Å². The molecule has 0 unspecified atom stereocenters. The van der Waals surface area contributed by atoms with Gasteiger partial charge in [-0.3, -0.25) is 19.5 Å². The summed E-state index contributed by atoms with van der Waals surface area (Å²) in [6, 6.07) is 8.61. The molecule has 1 fully saturated rings. The van der Waals surface area contributed by atoms with Crippen LogP contribution < -0.4 is 4.90 Å². The summed E-state index contributed by atoms with van der Waals surface area (Å²) in [5.41, 5.74) is 5.67. The van der Waals surface area contributed by atoms with Crippen molar-refractivity contribution in [2.75, 3.05) is 44.3 Å². The second-order valence-corrected chi connectivity index (χ2v) is 11.4. The maximum Gasteiger partial charge on any atom is 0.249 e. The Hall–Kier alpha value is -2.51. The molecule has 3 heterocycles. The van der Waals surface area contributed by atoms with Crippen LogP contribution in [0.2, 0.25) is 0 Å². The van der Waals surface area contributed by atoms with Crippen molar-refractivity contribution in [3.8, 4) is 0 Å². The zero-order valence-corrected chi connectivity index (χ0v) is 21.2. The molecule has 0 spiro atoms. The Morgan fingerprint density at radius 2 is 1.79 bits per heavy atom. The van der Waals surface area contributed by atoms with Gasteiger partial charge in [-0.25, -0.2) is 0 Å². The first kappa shape index (κ1) is 23.2. The highest BCUT2D eigenvalue weighted by Crippen LogP contribution is 2.42. The summed E-state index contributed by atoms with van der Waals surface area (Å²) in [5.74, 6) is -0.130. The van der Waals surface area contributed by atoms with E-state index >= 15 is 0 Å². The fraction of sp³-hybridized carbons (Fsp3) is 0.519. The summed E-state index contributed by atoms with van der Waals surface area (Å²) < 4.78 is 5.39. The van der Waals surface area contributed by atoms with E-state index in [2.05, 4.69) is 45.0 Å². The predicted octanol–water partition coefficient (Wildman–Crippen LogP) is 3.97. The molecular formula is C27H33N3O3S. The summed E-state index contributed by atoms with van der Waals surface area (Å²) in [5, 5.41) is 0.898. The Kier molecular flexibility index (Phi) is 6.34. The van der Waals surface area contributed by atoms with Crippen molar-refractivity contribution >= 4 is 33.9 Å². The molecule has 180 valence electrons. The predicted molar refractivity (Wildman–Crippen MR) is 136 cm³/mol. The molecule has 5 rings (SSSR count). The molecule has 0 N–H and O–H groups in total. The second-order valence-electron chi connectivity index (χ2n) is 10.4. The van der Waals surface area contributed by atoms with E-state index in [0.29, 0.717) is 26.3 Å². The minimum Gasteiger partial charge on any atom is -0.378 e. The van der Waals surface area contributed by atoms with E-state index in [1.165, 1.54) is 22.4 Å². The third kappa shape index (κ3) is 4.43. The molecule has 1 aliphatic carbocycles. The summed E-state index contributed by atoms with van der Waals surface area (Å²) in [4.78, 5) is 36.1. The third-order valence-electron chi connectivity index (χ3n) is 6.99. The minimum atomic E-state index is -0.109. The van der Waals surface area contributed by atoms with E-state index in [0.717, 1.165) is 41.1 Å². The molecule has 0 radical (unpaired) electrons. The zero-order valence-electron chi connectivity index (χ0n) is 20.4. The lowest BCUT2D eigenvalue weighted by molar-refractivity contribution is -0.134. The van der Waals surface area contributed by atoms with Crippen molar-refractivity contribution in [1.82, 2.24) is 4.90 Å².